The summed E-state index contributed by atoms with van der Waals surface area (Å²) in [5, 5.41) is 0. The largest absolute Gasteiger partial charge is 0.294 e. The average Bonchev–Trinajstić information content (AvgIpc) is 2.98. The predicted molar refractivity (Wildman–Crippen MR) is 163 cm³/mol. The molecule has 6 aliphatic rings. The minimum atomic E-state index is 0.880. The van der Waals surface area contributed by atoms with Crippen LogP contribution in [0.25, 0.3) is 0 Å². The van der Waals surface area contributed by atoms with Crippen molar-refractivity contribution >= 4 is 0 Å². The van der Waals surface area contributed by atoms with Crippen molar-refractivity contribution in [2.45, 2.75) is 179 Å². The monoisotopic (exact) mass is 521 g/mol. The van der Waals surface area contributed by atoms with Gasteiger partial charge in [-0.25, -0.2) is 0 Å². The van der Waals surface area contributed by atoms with Crippen molar-refractivity contribution in [3.05, 3.63) is 12.2 Å². The van der Waals surface area contributed by atoms with E-state index in [4.69, 9.17) is 0 Å². The Labute approximate surface area is 237 Å². The molecule has 0 spiro atoms. The summed E-state index contributed by atoms with van der Waals surface area (Å²) >= 11 is 0. The second-order valence-electron chi connectivity index (χ2n) is 15.4. The van der Waals surface area contributed by atoms with Crippen molar-refractivity contribution in [3.8, 4) is 0 Å². The van der Waals surface area contributed by atoms with Gasteiger partial charge in [-0.1, -0.05) is 89.7 Å². The van der Waals surface area contributed by atoms with Crippen molar-refractivity contribution in [2.75, 3.05) is 0 Å². The first kappa shape index (κ1) is 27.8. The van der Waals surface area contributed by atoms with E-state index in [1.54, 1.807) is 32.1 Å². The minimum absolute atomic E-state index is 0.880. The fourth-order valence-corrected chi connectivity index (χ4v) is 11.4. The third-order valence-corrected chi connectivity index (χ3v) is 13.2. The molecular weight excluding hydrogens is 458 g/mol. The van der Waals surface area contributed by atoms with E-state index in [-0.39, 0.29) is 0 Å². The predicted octanol–water partition coefficient (Wildman–Crippen LogP) is 10.7. The zero-order chi connectivity index (χ0) is 25.7. The highest BCUT2D eigenvalue weighted by Gasteiger charge is 2.44. The molecule has 0 bridgehead atoms. The molecule has 6 aliphatic carbocycles. The minimum Gasteiger partial charge on any atom is -0.294 e. The number of fused-ring (bicyclic) bond motifs is 2. The smallest absolute Gasteiger partial charge is 0.0102 e. The highest BCUT2D eigenvalue weighted by Crippen LogP contribution is 2.54. The normalized spacial score (nSPS) is 43.2. The van der Waals surface area contributed by atoms with Crippen molar-refractivity contribution in [2.24, 2.45) is 41.4 Å². The van der Waals surface area contributed by atoms with E-state index >= 15 is 0 Å². The Bertz CT molecular complexity index is 697. The molecule has 6 fully saturated rings. The molecule has 4 unspecified atom stereocenters. The van der Waals surface area contributed by atoms with Crippen LogP contribution in [0.4, 0.5) is 0 Å². The van der Waals surface area contributed by atoms with Crippen LogP contribution in [-0.2, 0) is 0 Å². The lowest BCUT2D eigenvalue weighted by Crippen LogP contribution is -2.52. The van der Waals surface area contributed by atoms with Gasteiger partial charge < -0.3 is 0 Å². The Morgan fingerprint density at radius 2 is 1.05 bits per heavy atom. The molecular formula is C37H63N. The lowest BCUT2D eigenvalue weighted by atomic mass is 9.55. The fraction of sp³-hybridized carbons (Fsp3) is 0.946. The first-order chi connectivity index (χ1) is 18.8. The summed E-state index contributed by atoms with van der Waals surface area (Å²) in [5.74, 6) is 7.09. The van der Waals surface area contributed by atoms with Crippen molar-refractivity contribution in [3.63, 3.8) is 0 Å². The molecule has 0 aromatic carbocycles. The van der Waals surface area contributed by atoms with E-state index in [0.717, 1.165) is 59.6 Å². The van der Waals surface area contributed by atoms with Gasteiger partial charge in [0, 0.05) is 18.1 Å². The molecule has 4 atom stereocenters. The van der Waals surface area contributed by atoms with E-state index in [9.17, 15) is 0 Å². The summed E-state index contributed by atoms with van der Waals surface area (Å²) < 4.78 is 0. The van der Waals surface area contributed by atoms with E-state index in [1.165, 1.54) is 122 Å². The van der Waals surface area contributed by atoms with Gasteiger partial charge in [0.15, 0.2) is 0 Å². The Morgan fingerprint density at radius 3 is 1.66 bits per heavy atom. The van der Waals surface area contributed by atoms with Crippen LogP contribution in [0.5, 0.6) is 0 Å². The second kappa shape index (κ2) is 13.6. The Hall–Kier alpha value is -0.300. The number of hydrogen-bond acceptors (Lipinski definition) is 1. The van der Waals surface area contributed by atoms with Crippen LogP contribution in [-0.4, -0.2) is 23.0 Å². The number of rotatable bonds is 7. The zero-order valence-electron chi connectivity index (χ0n) is 25.3. The van der Waals surface area contributed by atoms with Gasteiger partial charge in [0.05, 0.1) is 0 Å². The Balaban J connectivity index is 1.08. The van der Waals surface area contributed by atoms with Crippen LogP contribution in [0.1, 0.15) is 161 Å². The standard InChI is InChI=1S/C37H63N/c1-2-10-28-17-22-33(23-18-28)38(32-13-4-3-5-14-32)34-24-19-29(20-25-34)21-26-37-35-15-8-6-11-30(35)27-31-12-7-9-16-36(31)37/h21,26,28-37H,2-20,22-25,27H2,1H3/b26-21+. The number of hydrogen-bond donors (Lipinski definition) is 0. The van der Waals surface area contributed by atoms with Crippen molar-refractivity contribution in [1.29, 1.82) is 0 Å². The van der Waals surface area contributed by atoms with Crippen LogP contribution in [0, 0.1) is 41.4 Å². The van der Waals surface area contributed by atoms with Crippen LogP contribution >= 0.6 is 0 Å². The molecule has 0 saturated heterocycles. The molecule has 0 aromatic rings. The van der Waals surface area contributed by atoms with Gasteiger partial charge >= 0.3 is 0 Å². The van der Waals surface area contributed by atoms with E-state index in [0.29, 0.717) is 0 Å². The van der Waals surface area contributed by atoms with Gasteiger partial charge in [0.2, 0.25) is 0 Å². The molecule has 38 heavy (non-hydrogen) atoms. The molecule has 0 N–H and O–H groups in total. The topological polar surface area (TPSA) is 3.24 Å². The SMILES string of the molecule is CCCC1CCC(N(C2CCCCC2)C2CCC(/C=C/C3C4CCCCC4CC4CCCCC43)CC2)CC1. The summed E-state index contributed by atoms with van der Waals surface area (Å²) in [4.78, 5) is 3.20. The van der Waals surface area contributed by atoms with E-state index < -0.39 is 0 Å². The van der Waals surface area contributed by atoms with Gasteiger partial charge in [-0.3, -0.25) is 4.90 Å². The second-order valence-corrected chi connectivity index (χ2v) is 15.4. The molecule has 0 aromatic heterocycles. The molecule has 6 saturated carbocycles. The first-order valence-electron chi connectivity index (χ1n) is 18.3. The van der Waals surface area contributed by atoms with Gasteiger partial charge in [-0.05, 0) is 125 Å². The summed E-state index contributed by atoms with van der Waals surface area (Å²) in [6.07, 6.45) is 41.9. The number of nitrogens with zero attached hydrogens (tertiary/aromatic N) is 1. The van der Waals surface area contributed by atoms with E-state index in [2.05, 4.69) is 24.0 Å². The van der Waals surface area contributed by atoms with Gasteiger partial charge in [-0.15, -0.1) is 0 Å². The van der Waals surface area contributed by atoms with Crippen LogP contribution in [0.2, 0.25) is 0 Å². The van der Waals surface area contributed by atoms with Gasteiger partial charge in [-0.2, -0.15) is 0 Å². The molecule has 0 amide bonds. The first-order valence-corrected chi connectivity index (χ1v) is 18.3. The summed E-state index contributed by atoms with van der Waals surface area (Å²) in [7, 11) is 0. The lowest BCUT2D eigenvalue weighted by Gasteiger charge is -2.51. The maximum atomic E-state index is 3.20. The Kier molecular flexibility index (Phi) is 9.95. The van der Waals surface area contributed by atoms with Crippen molar-refractivity contribution < 1.29 is 0 Å². The maximum Gasteiger partial charge on any atom is 0.0102 e. The molecule has 1 nitrogen and oxygen atoms in total. The van der Waals surface area contributed by atoms with Crippen molar-refractivity contribution in [1.82, 2.24) is 4.90 Å². The molecule has 1 heteroatoms. The van der Waals surface area contributed by atoms with Crippen LogP contribution in [0.15, 0.2) is 12.2 Å². The lowest BCUT2D eigenvalue weighted by molar-refractivity contribution is 0.00900. The van der Waals surface area contributed by atoms with Crippen LogP contribution in [0.3, 0.4) is 0 Å². The molecule has 6 rings (SSSR count). The summed E-state index contributed by atoms with van der Waals surface area (Å²) in [5.41, 5.74) is 0. The third kappa shape index (κ3) is 6.44. The molecule has 0 radical (unpaired) electrons. The average molecular weight is 522 g/mol. The third-order valence-electron chi connectivity index (χ3n) is 13.2. The fourth-order valence-electron chi connectivity index (χ4n) is 11.4. The van der Waals surface area contributed by atoms with E-state index in [1.807, 2.05) is 0 Å². The van der Waals surface area contributed by atoms with Gasteiger partial charge in [0.25, 0.3) is 0 Å². The van der Waals surface area contributed by atoms with Gasteiger partial charge in [0.1, 0.15) is 0 Å². The highest BCUT2D eigenvalue weighted by atomic mass is 15.2. The van der Waals surface area contributed by atoms with Crippen LogP contribution < -0.4 is 0 Å². The summed E-state index contributed by atoms with van der Waals surface area (Å²) in [6, 6.07) is 2.73. The molecule has 0 aliphatic heterocycles. The Morgan fingerprint density at radius 1 is 0.526 bits per heavy atom. The highest BCUT2D eigenvalue weighted by molar-refractivity contribution is 5.06. The quantitative estimate of drug-likeness (QED) is 0.301. The zero-order valence-corrected chi connectivity index (χ0v) is 25.3. The molecule has 216 valence electrons. The number of allylic oxidation sites excluding steroid dienone is 2. The maximum absolute atomic E-state index is 3.20. The molecule has 0 heterocycles. The summed E-state index contributed by atoms with van der Waals surface area (Å²) in [6.45, 7) is 2.39.